The molecule has 264 valence electrons. The molecular weight excluding hydrogens is 691 g/mol. The molecule has 3 aromatic heterocycles. The zero-order chi connectivity index (χ0) is 35.5. The number of aliphatic hydroxyl groups excluding tert-OH is 1. The number of methoxy groups -OCH3 is 1. The van der Waals surface area contributed by atoms with Gasteiger partial charge in [-0.05, 0) is 30.2 Å². The molecular formula is C38H38Cl2N6O5. The summed E-state index contributed by atoms with van der Waals surface area (Å²) in [7, 11) is 1.59. The van der Waals surface area contributed by atoms with E-state index in [1.807, 2.05) is 60.7 Å². The van der Waals surface area contributed by atoms with Gasteiger partial charge in [-0.2, -0.15) is 0 Å². The highest BCUT2D eigenvalue weighted by Gasteiger charge is 2.37. The second-order valence-corrected chi connectivity index (χ2v) is 13.9. The largest absolute Gasteiger partial charge is 0.481 e. The van der Waals surface area contributed by atoms with Crippen LogP contribution in [0.1, 0.15) is 24.0 Å². The van der Waals surface area contributed by atoms with E-state index in [9.17, 15) is 14.7 Å². The molecule has 7 rings (SSSR count). The summed E-state index contributed by atoms with van der Waals surface area (Å²) in [6.45, 7) is 3.12. The van der Waals surface area contributed by atoms with Gasteiger partial charge in [-0.3, -0.25) is 14.0 Å². The van der Waals surface area contributed by atoms with E-state index in [1.54, 1.807) is 19.5 Å². The van der Waals surface area contributed by atoms with Crippen molar-refractivity contribution >= 4 is 34.8 Å². The van der Waals surface area contributed by atoms with Crippen molar-refractivity contribution in [3.05, 3.63) is 105 Å². The first-order chi connectivity index (χ1) is 24.8. The van der Waals surface area contributed by atoms with Crippen molar-refractivity contribution < 1.29 is 19.4 Å². The van der Waals surface area contributed by atoms with E-state index in [0.29, 0.717) is 78.6 Å². The summed E-state index contributed by atoms with van der Waals surface area (Å²) in [6, 6.07) is 19.2. The molecule has 51 heavy (non-hydrogen) atoms. The summed E-state index contributed by atoms with van der Waals surface area (Å²) < 4.78 is 12.4. The van der Waals surface area contributed by atoms with E-state index in [0.717, 1.165) is 39.8 Å². The molecule has 0 aliphatic carbocycles. The Kier molecular flexibility index (Phi) is 10.4. The van der Waals surface area contributed by atoms with Crippen LogP contribution in [0.5, 0.6) is 5.88 Å². The fourth-order valence-corrected chi connectivity index (χ4v) is 7.21. The predicted octanol–water partition coefficient (Wildman–Crippen LogP) is 4.87. The molecule has 0 unspecified atom stereocenters. The number of aromatic nitrogens is 3. The number of carbonyl (C=O) groups is 1. The van der Waals surface area contributed by atoms with Gasteiger partial charge in [0.25, 0.3) is 5.56 Å². The third-order valence-corrected chi connectivity index (χ3v) is 10.4. The number of ether oxygens (including phenoxy) is 2. The van der Waals surface area contributed by atoms with Gasteiger partial charge >= 0.3 is 0 Å². The molecule has 0 saturated carbocycles. The lowest BCUT2D eigenvalue weighted by Crippen LogP contribution is -2.52. The topological polar surface area (TPSA) is 139 Å². The van der Waals surface area contributed by atoms with Gasteiger partial charge < -0.3 is 30.5 Å². The molecule has 2 aromatic carbocycles. The number of hydrogen-bond donors (Lipinski definition) is 4. The Morgan fingerprint density at radius 3 is 2.39 bits per heavy atom. The van der Waals surface area contributed by atoms with E-state index in [1.165, 1.54) is 4.40 Å². The first kappa shape index (κ1) is 35.1. The van der Waals surface area contributed by atoms with Crippen LogP contribution in [-0.4, -0.2) is 71.4 Å². The zero-order valence-corrected chi connectivity index (χ0v) is 29.6. The standard InChI is InChI=1S/C38H38Cl2N6O5/c1-50-36-24(15-41-18-26-9-11-33(48)44-26)8-10-31(45-36)30-7-3-6-29(35(30)40)28-5-2-4-27(34(28)39)23-12-13-46-32(14-23)43-17-25(37(46)49)16-42-19-38(20-47)21-51-22-38/h2-8,10,12-14,17,26,41-42,47H,9,11,15-16,18-22H2,1H3,(H,44,48)/t26-/m0/s1. The van der Waals surface area contributed by atoms with Crippen molar-refractivity contribution in [2.24, 2.45) is 5.41 Å². The Bertz CT molecular complexity index is 2150. The minimum Gasteiger partial charge on any atom is -0.481 e. The van der Waals surface area contributed by atoms with Gasteiger partial charge in [0.2, 0.25) is 11.8 Å². The second-order valence-electron chi connectivity index (χ2n) is 13.1. The third kappa shape index (κ3) is 7.23. The van der Waals surface area contributed by atoms with Crippen LogP contribution in [0, 0.1) is 5.41 Å². The number of pyridine rings is 2. The predicted molar refractivity (Wildman–Crippen MR) is 197 cm³/mol. The van der Waals surface area contributed by atoms with E-state index >= 15 is 0 Å². The van der Waals surface area contributed by atoms with Gasteiger partial charge in [0.1, 0.15) is 5.65 Å². The van der Waals surface area contributed by atoms with Crippen LogP contribution in [-0.2, 0) is 22.6 Å². The molecule has 2 fully saturated rings. The number of fused-ring (bicyclic) bond motifs is 1. The number of hydrogen-bond acceptors (Lipinski definition) is 9. The number of halogens is 2. The van der Waals surface area contributed by atoms with Crippen molar-refractivity contribution in [2.45, 2.75) is 32.0 Å². The molecule has 0 bridgehead atoms. The maximum absolute atomic E-state index is 13.3. The van der Waals surface area contributed by atoms with Crippen molar-refractivity contribution in [1.29, 1.82) is 0 Å². The molecule has 2 aliphatic rings. The number of aliphatic hydroxyl groups is 1. The highest BCUT2D eigenvalue weighted by Crippen LogP contribution is 2.42. The van der Waals surface area contributed by atoms with Crippen molar-refractivity contribution in [3.8, 4) is 39.4 Å². The Morgan fingerprint density at radius 2 is 1.71 bits per heavy atom. The summed E-state index contributed by atoms with van der Waals surface area (Å²) in [6.07, 6.45) is 4.69. The fourth-order valence-electron chi connectivity index (χ4n) is 6.55. The van der Waals surface area contributed by atoms with E-state index in [4.69, 9.17) is 37.7 Å². The Balaban J connectivity index is 1.11. The van der Waals surface area contributed by atoms with Crippen molar-refractivity contribution in [3.63, 3.8) is 0 Å². The van der Waals surface area contributed by atoms with Gasteiger partial charge in [-0.25, -0.2) is 9.97 Å². The highest BCUT2D eigenvalue weighted by molar-refractivity contribution is 6.39. The Labute approximate surface area is 305 Å². The van der Waals surface area contributed by atoms with Crippen LogP contribution in [0.4, 0.5) is 0 Å². The quantitative estimate of drug-likeness (QED) is 0.134. The van der Waals surface area contributed by atoms with Crippen LogP contribution in [0.2, 0.25) is 10.0 Å². The minimum absolute atomic E-state index is 0.0307. The number of rotatable bonds is 13. The lowest BCUT2D eigenvalue weighted by atomic mass is 9.87. The first-order valence-corrected chi connectivity index (χ1v) is 17.6. The molecule has 11 nitrogen and oxygen atoms in total. The molecule has 2 aliphatic heterocycles. The summed E-state index contributed by atoms with van der Waals surface area (Å²) >= 11 is 14.2. The number of nitrogens with zero attached hydrogens (tertiary/aromatic N) is 3. The van der Waals surface area contributed by atoms with Crippen LogP contribution < -0.4 is 26.2 Å². The summed E-state index contributed by atoms with van der Waals surface area (Å²) in [5, 5.41) is 20.3. The molecule has 0 radical (unpaired) electrons. The van der Waals surface area contributed by atoms with Crippen molar-refractivity contribution in [1.82, 2.24) is 30.3 Å². The fraction of sp³-hybridized carbons (Fsp3) is 0.316. The smallest absolute Gasteiger partial charge is 0.262 e. The van der Waals surface area contributed by atoms with Crippen LogP contribution in [0.25, 0.3) is 39.2 Å². The summed E-state index contributed by atoms with van der Waals surface area (Å²) in [5.74, 6) is 0.581. The number of carbonyl (C=O) groups excluding carboxylic acids is 1. The lowest BCUT2D eigenvalue weighted by molar-refractivity contribution is -0.134. The SMILES string of the molecule is COc1nc(-c2cccc(-c3cccc(-c4ccn5c(=O)c(CNCC6(CO)COC6)cnc5c4)c3Cl)c2Cl)ccc1CNC[C@@H]1CCC(=O)N1. The van der Waals surface area contributed by atoms with E-state index in [-0.39, 0.29) is 29.5 Å². The number of benzene rings is 2. The maximum Gasteiger partial charge on any atom is 0.262 e. The Morgan fingerprint density at radius 1 is 0.980 bits per heavy atom. The zero-order valence-electron chi connectivity index (χ0n) is 28.0. The van der Waals surface area contributed by atoms with Crippen LogP contribution in [0.3, 0.4) is 0 Å². The summed E-state index contributed by atoms with van der Waals surface area (Å²) in [5.41, 5.74) is 5.90. The lowest BCUT2D eigenvalue weighted by Gasteiger charge is -2.40. The molecule has 4 N–H and O–H groups in total. The van der Waals surface area contributed by atoms with Crippen molar-refractivity contribution in [2.75, 3.05) is 40.0 Å². The van der Waals surface area contributed by atoms with E-state index in [2.05, 4.69) is 20.9 Å². The monoisotopic (exact) mass is 728 g/mol. The maximum atomic E-state index is 13.3. The third-order valence-electron chi connectivity index (χ3n) is 9.55. The molecule has 13 heteroatoms. The molecule has 0 spiro atoms. The van der Waals surface area contributed by atoms with Gasteiger partial charge in [-0.1, -0.05) is 65.7 Å². The minimum atomic E-state index is -0.291. The van der Waals surface area contributed by atoms with Gasteiger partial charge in [-0.15, -0.1) is 0 Å². The highest BCUT2D eigenvalue weighted by atomic mass is 35.5. The molecule has 5 aromatic rings. The normalized spacial score (nSPS) is 16.6. The Hall–Kier alpha value is -4.36. The molecule has 2 saturated heterocycles. The summed E-state index contributed by atoms with van der Waals surface area (Å²) in [4.78, 5) is 34.2. The van der Waals surface area contributed by atoms with Crippen LogP contribution >= 0.6 is 23.2 Å². The molecule has 5 heterocycles. The van der Waals surface area contributed by atoms with Gasteiger partial charge in [0.15, 0.2) is 0 Å². The second kappa shape index (κ2) is 15.1. The van der Waals surface area contributed by atoms with Gasteiger partial charge in [0.05, 0.1) is 48.1 Å². The average molecular weight is 730 g/mol. The van der Waals surface area contributed by atoms with E-state index < -0.39 is 0 Å². The number of nitrogens with one attached hydrogen (secondary N) is 3. The molecule has 1 atom stereocenters. The first-order valence-electron chi connectivity index (χ1n) is 16.8. The number of amides is 1. The molecule has 1 amide bonds. The average Bonchev–Trinajstić information content (AvgIpc) is 3.55. The van der Waals surface area contributed by atoms with Gasteiger partial charge in [0, 0.05) is 84.4 Å². The van der Waals surface area contributed by atoms with Crippen LogP contribution in [0.15, 0.2) is 77.9 Å².